The number of carbonyl (C=O) groups is 1. The van der Waals surface area contributed by atoms with Crippen LogP contribution in [0.1, 0.15) is 35.2 Å². The smallest absolute Gasteiger partial charge is 0.253 e. The minimum absolute atomic E-state index is 0. The van der Waals surface area contributed by atoms with Crippen LogP contribution in [0.3, 0.4) is 0 Å². The van der Waals surface area contributed by atoms with Crippen LogP contribution in [-0.4, -0.2) is 43.0 Å². The maximum absolute atomic E-state index is 12.9. The summed E-state index contributed by atoms with van der Waals surface area (Å²) in [6.07, 6.45) is 4.68. The van der Waals surface area contributed by atoms with Gasteiger partial charge >= 0.3 is 0 Å². The first kappa shape index (κ1) is 20.5. The molecule has 2 aliphatic heterocycles. The topological polar surface area (TPSA) is 58.4 Å². The normalized spacial score (nSPS) is 30.5. The van der Waals surface area contributed by atoms with E-state index in [4.69, 9.17) is 5.73 Å². The average Bonchev–Trinajstić information content (AvgIpc) is 3.12. The zero-order valence-electron chi connectivity index (χ0n) is 14.5. The number of amides is 1. The Bertz CT molecular complexity index is 578. The number of piperidine rings is 1. The maximum atomic E-state index is 12.9. The van der Waals surface area contributed by atoms with Crippen molar-refractivity contribution in [2.45, 2.75) is 31.7 Å². The van der Waals surface area contributed by atoms with Crippen LogP contribution in [0, 0.1) is 17.8 Å². The number of hydrogen-bond donors (Lipinski definition) is 2. The zero-order chi connectivity index (χ0) is 15.8. The Labute approximate surface area is 162 Å². The molecule has 3 N–H and O–H groups in total. The lowest BCUT2D eigenvalue weighted by Gasteiger charge is -2.36. The highest BCUT2D eigenvalue weighted by atomic mass is 35.5. The molecule has 2 saturated heterocycles. The predicted molar refractivity (Wildman–Crippen MR) is 106 cm³/mol. The summed E-state index contributed by atoms with van der Waals surface area (Å²) in [6, 6.07) is 8.58. The monoisotopic (exact) mass is 385 g/mol. The molecular weight excluding hydrogens is 357 g/mol. The number of benzene rings is 1. The van der Waals surface area contributed by atoms with Crippen LogP contribution >= 0.6 is 24.8 Å². The second kappa shape index (κ2) is 8.72. The van der Waals surface area contributed by atoms with E-state index in [0.717, 1.165) is 38.2 Å². The second-order valence-electron chi connectivity index (χ2n) is 7.65. The summed E-state index contributed by atoms with van der Waals surface area (Å²) in [5.41, 5.74) is 8.40. The molecule has 0 spiro atoms. The van der Waals surface area contributed by atoms with Gasteiger partial charge < -0.3 is 16.0 Å². The van der Waals surface area contributed by atoms with E-state index in [1.165, 1.54) is 24.8 Å². The molecule has 2 bridgehead atoms. The third kappa shape index (κ3) is 4.30. The van der Waals surface area contributed by atoms with Crippen molar-refractivity contribution in [1.29, 1.82) is 0 Å². The fourth-order valence-corrected chi connectivity index (χ4v) is 4.67. The van der Waals surface area contributed by atoms with Gasteiger partial charge in [-0.25, -0.2) is 0 Å². The lowest BCUT2D eigenvalue weighted by Crippen LogP contribution is -2.50. The zero-order valence-corrected chi connectivity index (χ0v) is 16.2. The Morgan fingerprint density at radius 3 is 2.52 bits per heavy atom. The molecule has 3 fully saturated rings. The van der Waals surface area contributed by atoms with Gasteiger partial charge in [0.05, 0.1) is 0 Å². The van der Waals surface area contributed by atoms with Gasteiger partial charge in [0.15, 0.2) is 0 Å². The summed E-state index contributed by atoms with van der Waals surface area (Å²) in [4.78, 5) is 14.9. The van der Waals surface area contributed by atoms with Crippen molar-refractivity contribution >= 4 is 30.7 Å². The first-order chi connectivity index (χ1) is 11.2. The molecule has 4 atom stereocenters. The molecule has 1 aliphatic carbocycles. The number of nitrogens with two attached hydrogens (primary N) is 1. The van der Waals surface area contributed by atoms with Crippen LogP contribution in [0.5, 0.6) is 0 Å². The Morgan fingerprint density at radius 1 is 1.16 bits per heavy atom. The van der Waals surface area contributed by atoms with Crippen molar-refractivity contribution < 1.29 is 4.79 Å². The van der Waals surface area contributed by atoms with E-state index in [0.29, 0.717) is 23.8 Å². The van der Waals surface area contributed by atoms with Gasteiger partial charge in [0, 0.05) is 24.7 Å². The van der Waals surface area contributed by atoms with Crippen LogP contribution in [0.2, 0.25) is 0 Å². The molecule has 1 saturated carbocycles. The molecule has 2 heterocycles. The predicted octanol–water partition coefficient (Wildman–Crippen LogP) is 2.49. The molecule has 140 valence electrons. The summed E-state index contributed by atoms with van der Waals surface area (Å²) in [5.74, 6) is 1.92. The van der Waals surface area contributed by atoms with Gasteiger partial charge in [-0.2, -0.15) is 0 Å². The van der Waals surface area contributed by atoms with E-state index in [9.17, 15) is 4.79 Å². The Kier molecular flexibility index (Phi) is 7.15. The summed E-state index contributed by atoms with van der Waals surface area (Å²) in [7, 11) is 0. The van der Waals surface area contributed by atoms with Gasteiger partial charge in [-0.1, -0.05) is 12.1 Å². The number of hydrogen-bond acceptors (Lipinski definition) is 3. The summed E-state index contributed by atoms with van der Waals surface area (Å²) in [5, 5.41) is 3.42. The van der Waals surface area contributed by atoms with Crippen molar-refractivity contribution in [2.75, 3.05) is 26.2 Å². The third-order valence-corrected chi connectivity index (χ3v) is 6.05. The van der Waals surface area contributed by atoms with E-state index >= 15 is 0 Å². The standard InChI is InChI=1S/C19H27N3O.2ClH/c20-18-16-4-5-17(18)12-22(11-16)19(23)15-3-1-2-13(9-15)8-14-6-7-21-10-14;;/h1-3,9,14,16-18,21H,4-8,10-12,20H2;2*1H/t14?,16-,17+,18?;;. The van der Waals surface area contributed by atoms with Crippen molar-refractivity contribution in [3.8, 4) is 0 Å². The maximum Gasteiger partial charge on any atom is 0.253 e. The molecule has 6 heteroatoms. The van der Waals surface area contributed by atoms with Gasteiger partial charge in [-0.15, -0.1) is 24.8 Å². The van der Waals surface area contributed by atoms with E-state index < -0.39 is 0 Å². The lowest BCUT2D eigenvalue weighted by atomic mass is 9.92. The highest BCUT2D eigenvalue weighted by Gasteiger charge is 2.41. The fraction of sp³-hybridized carbons (Fsp3) is 0.632. The van der Waals surface area contributed by atoms with E-state index in [-0.39, 0.29) is 30.7 Å². The lowest BCUT2D eigenvalue weighted by molar-refractivity contribution is 0.0637. The third-order valence-electron chi connectivity index (χ3n) is 6.05. The molecule has 4 rings (SSSR count). The van der Waals surface area contributed by atoms with Crippen molar-refractivity contribution in [3.63, 3.8) is 0 Å². The summed E-state index contributed by atoms with van der Waals surface area (Å²) < 4.78 is 0. The summed E-state index contributed by atoms with van der Waals surface area (Å²) in [6.45, 7) is 3.91. The van der Waals surface area contributed by atoms with Crippen LogP contribution in [0.25, 0.3) is 0 Å². The molecule has 1 aromatic carbocycles. The van der Waals surface area contributed by atoms with E-state index in [2.05, 4.69) is 17.4 Å². The molecule has 0 radical (unpaired) electrons. The quantitative estimate of drug-likeness (QED) is 0.839. The number of halogens is 2. The SMILES string of the molecule is Cl.Cl.NC1[C@@H]2CC[C@H]1CN(C(=O)c1cccc(CC3CCNC3)c1)C2. The Morgan fingerprint density at radius 2 is 1.88 bits per heavy atom. The molecule has 1 aromatic rings. The number of likely N-dealkylation sites (tertiary alicyclic amines) is 1. The van der Waals surface area contributed by atoms with Gasteiger partial charge in [0.1, 0.15) is 0 Å². The van der Waals surface area contributed by atoms with Crippen LogP contribution < -0.4 is 11.1 Å². The second-order valence-corrected chi connectivity index (χ2v) is 7.65. The number of carbonyl (C=O) groups excluding carboxylic acids is 1. The largest absolute Gasteiger partial charge is 0.338 e. The Balaban J connectivity index is 0.00000113. The van der Waals surface area contributed by atoms with Crippen LogP contribution in [0.15, 0.2) is 24.3 Å². The molecule has 3 aliphatic rings. The summed E-state index contributed by atoms with van der Waals surface area (Å²) >= 11 is 0. The van der Waals surface area contributed by atoms with Crippen molar-refractivity contribution in [2.24, 2.45) is 23.5 Å². The van der Waals surface area contributed by atoms with Gasteiger partial charge in [-0.05, 0) is 74.2 Å². The molecule has 4 nitrogen and oxygen atoms in total. The minimum atomic E-state index is 0. The van der Waals surface area contributed by atoms with E-state index in [1.807, 2.05) is 17.0 Å². The van der Waals surface area contributed by atoms with Gasteiger partial charge in [0.25, 0.3) is 5.91 Å². The van der Waals surface area contributed by atoms with Gasteiger partial charge in [0.2, 0.25) is 0 Å². The number of fused-ring (bicyclic) bond motifs is 2. The first-order valence-corrected chi connectivity index (χ1v) is 9.05. The molecule has 1 amide bonds. The molecule has 25 heavy (non-hydrogen) atoms. The highest BCUT2D eigenvalue weighted by Crippen LogP contribution is 2.36. The minimum Gasteiger partial charge on any atom is -0.338 e. The van der Waals surface area contributed by atoms with Crippen LogP contribution in [0.4, 0.5) is 0 Å². The highest BCUT2D eigenvalue weighted by molar-refractivity contribution is 5.94. The fourth-order valence-electron chi connectivity index (χ4n) is 4.67. The van der Waals surface area contributed by atoms with Crippen molar-refractivity contribution in [1.82, 2.24) is 10.2 Å². The van der Waals surface area contributed by atoms with E-state index in [1.54, 1.807) is 0 Å². The van der Waals surface area contributed by atoms with Crippen molar-refractivity contribution in [3.05, 3.63) is 35.4 Å². The average molecular weight is 386 g/mol. The number of nitrogens with zero attached hydrogens (tertiary/aromatic N) is 1. The molecular formula is C19H29Cl2N3O. The Hall–Kier alpha value is -0.810. The number of rotatable bonds is 3. The van der Waals surface area contributed by atoms with Gasteiger partial charge in [-0.3, -0.25) is 4.79 Å². The van der Waals surface area contributed by atoms with Crippen LogP contribution in [-0.2, 0) is 6.42 Å². The first-order valence-electron chi connectivity index (χ1n) is 9.05. The molecule has 2 unspecified atom stereocenters. The number of nitrogens with one attached hydrogen (secondary N) is 1. The molecule has 0 aromatic heterocycles.